The largest absolute Gasteiger partial charge is 0.388 e. The highest BCUT2D eigenvalue weighted by atomic mass is 35.5. The molecule has 0 saturated carbocycles. The van der Waals surface area contributed by atoms with Crippen LogP contribution < -0.4 is 10.6 Å². The predicted octanol–water partition coefficient (Wildman–Crippen LogP) is 1.04. The average Bonchev–Trinajstić information content (AvgIpc) is 3.12. The molecular formula is C25H35ClN2O6S. The number of carbonyl (C=O) groups excluding carboxylic acids is 1. The summed E-state index contributed by atoms with van der Waals surface area (Å²) in [6.45, 7) is 4.86. The lowest BCUT2D eigenvalue weighted by molar-refractivity contribution is -0.205. The van der Waals surface area contributed by atoms with E-state index in [1.54, 1.807) is 13.2 Å². The summed E-state index contributed by atoms with van der Waals surface area (Å²) >= 11 is 7.63. The lowest BCUT2D eigenvalue weighted by Crippen LogP contribution is -2.65. The Bertz CT molecular complexity index is 914. The van der Waals surface area contributed by atoms with Crippen molar-refractivity contribution in [1.82, 2.24) is 10.6 Å². The molecule has 10 heteroatoms. The van der Waals surface area contributed by atoms with Gasteiger partial charge < -0.3 is 35.4 Å². The number of alkyl halides is 1. The van der Waals surface area contributed by atoms with E-state index in [1.807, 2.05) is 0 Å². The molecule has 10 atom stereocenters. The number of carbonyl (C=O) groups is 1. The van der Waals surface area contributed by atoms with Crippen molar-refractivity contribution in [2.24, 2.45) is 5.92 Å². The molecule has 0 aliphatic carbocycles. The van der Waals surface area contributed by atoms with E-state index in [-0.39, 0.29) is 17.9 Å². The second-order valence-electron chi connectivity index (χ2n) is 9.58. The highest BCUT2D eigenvalue weighted by Crippen LogP contribution is 2.32. The second-order valence-corrected chi connectivity index (χ2v) is 11.2. The summed E-state index contributed by atoms with van der Waals surface area (Å²) in [6, 6.07) is 7.03. The van der Waals surface area contributed by atoms with Crippen molar-refractivity contribution in [1.29, 1.82) is 0 Å². The summed E-state index contributed by atoms with van der Waals surface area (Å²) in [7, 11) is 0. The molecule has 5 N–H and O–H groups in total. The molecule has 4 rings (SSSR count). The minimum atomic E-state index is -1.41. The first-order valence-electron chi connectivity index (χ1n) is 12.0. The van der Waals surface area contributed by atoms with Gasteiger partial charge >= 0.3 is 0 Å². The van der Waals surface area contributed by atoms with E-state index >= 15 is 0 Å². The number of nitrogens with one attached hydrogen (secondary N) is 2. The fourth-order valence-electron chi connectivity index (χ4n) is 5.09. The number of hydrogen-bond donors (Lipinski definition) is 5. The quantitative estimate of drug-likeness (QED) is 0.349. The second kappa shape index (κ2) is 11.5. The highest BCUT2D eigenvalue weighted by Gasteiger charge is 2.49. The van der Waals surface area contributed by atoms with E-state index < -0.39 is 47.3 Å². The lowest BCUT2D eigenvalue weighted by Gasteiger charge is -2.44. The van der Waals surface area contributed by atoms with Crippen LogP contribution in [0.2, 0.25) is 0 Å². The Balaban J connectivity index is 1.47. The molecule has 3 aliphatic heterocycles. The summed E-state index contributed by atoms with van der Waals surface area (Å²) < 4.78 is 12.0. The van der Waals surface area contributed by atoms with Crippen LogP contribution in [0.4, 0.5) is 0 Å². The molecule has 1 aromatic carbocycles. The number of ether oxygens (including phenoxy) is 2. The molecule has 0 aromatic heterocycles. The first-order valence-corrected chi connectivity index (χ1v) is 13.7. The molecule has 2 fully saturated rings. The number of rotatable bonds is 6. The van der Waals surface area contributed by atoms with Crippen molar-refractivity contribution in [3.63, 3.8) is 0 Å². The van der Waals surface area contributed by atoms with Crippen LogP contribution in [0.5, 0.6) is 0 Å². The summed E-state index contributed by atoms with van der Waals surface area (Å²) in [6.07, 6.45) is -0.677. The number of amides is 1. The third-order valence-electron chi connectivity index (χ3n) is 7.12. The molecule has 0 spiro atoms. The smallest absolute Gasteiger partial charge is 0.240 e. The first kappa shape index (κ1) is 26.9. The van der Waals surface area contributed by atoms with Crippen LogP contribution in [0.1, 0.15) is 24.5 Å². The van der Waals surface area contributed by atoms with Crippen LogP contribution in [0.25, 0.3) is 5.57 Å². The Kier molecular flexibility index (Phi) is 8.82. The van der Waals surface area contributed by atoms with Gasteiger partial charge in [-0.25, -0.2) is 0 Å². The third kappa shape index (κ3) is 5.72. The molecule has 194 valence electrons. The summed E-state index contributed by atoms with van der Waals surface area (Å²) in [5.74, 6) is -0.273. The molecule has 3 heterocycles. The minimum absolute atomic E-state index is 0.0331. The summed E-state index contributed by atoms with van der Waals surface area (Å²) in [5, 5.41) is 36.7. The standard InChI is InChI=1S/C25H35ClN2O6S/c1-12-4-6-14(7-5-12)15-8-9-33-22-16(10-15)11-27-18(22)24(32)28-17(13(2)26)23-20(30)19(29)21(31)25(34-23)35-3/h4-7,10,13,16-23,25,27,29-31H,8-9,11H2,1-3H3,(H,28,32)/t13-,16-,17?,18-,19?,20-,21+,22+,23+,25?/m0/s1. The molecule has 35 heavy (non-hydrogen) atoms. The highest BCUT2D eigenvalue weighted by molar-refractivity contribution is 7.99. The van der Waals surface area contributed by atoms with Gasteiger partial charge in [-0.2, -0.15) is 0 Å². The van der Waals surface area contributed by atoms with Crippen LogP contribution in [-0.4, -0.2) is 94.1 Å². The van der Waals surface area contributed by atoms with Crippen LogP contribution in [-0.2, 0) is 14.3 Å². The summed E-state index contributed by atoms with van der Waals surface area (Å²) in [4.78, 5) is 13.4. The maximum absolute atomic E-state index is 13.4. The van der Waals surface area contributed by atoms with Crippen molar-refractivity contribution in [3.8, 4) is 0 Å². The first-order chi connectivity index (χ1) is 16.7. The van der Waals surface area contributed by atoms with Crippen LogP contribution in [0.15, 0.2) is 30.3 Å². The molecule has 2 saturated heterocycles. The number of fused-ring (bicyclic) bond motifs is 1. The lowest BCUT2D eigenvalue weighted by atomic mass is 9.92. The number of hydrogen-bond acceptors (Lipinski definition) is 8. The number of benzene rings is 1. The summed E-state index contributed by atoms with van der Waals surface area (Å²) in [5.41, 5.74) is 2.83. The Morgan fingerprint density at radius 1 is 1.20 bits per heavy atom. The number of aliphatic hydroxyl groups is 3. The molecule has 1 aromatic rings. The molecule has 3 unspecified atom stereocenters. The van der Waals surface area contributed by atoms with Crippen molar-refractivity contribution >= 4 is 34.8 Å². The third-order valence-corrected chi connectivity index (χ3v) is 8.25. The van der Waals surface area contributed by atoms with Crippen molar-refractivity contribution in [2.75, 3.05) is 19.4 Å². The predicted molar refractivity (Wildman–Crippen MR) is 136 cm³/mol. The fourth-order valence-corrected chi connectivity index (χ4v) is 5.98. The molecule has 0 bridgehead atoms. The topological polar surface area (TPSA) is 120 Å². The van der Waals surface area contributed by atoms with Gasteiger partial charge in [0.1, 0.15) is 35.9 Å². The SMILES string of the molecule is CSC1O[C@H](C(NC(=O)[C@H]2NC[C@@H]3C=C(c4ccc(C)cc4)CCO[C@@H]23)[C@H](C)Cl)[C@@H](O)C(O)[C@H]1O. The molecule has 0 radical (unpaired) electrons. The van der Waals surface area contributed by atoms with Gasteiger partial charge in [0, 0.05) is 12.5 Å². The van der Waals surface area contributed by atoms with Gasteiger partial charge in [-0.1, -0.05) is 35.9 Å². The van der Waals surface area contributed by atoms with E-state index in [9.17, 15) is 20.1 Å². The Labute approximate surface area is 215 Å². The van der Waals surface area contributed by atoms with Gasteiger partial charge in [0.2, 0.25) is 5.91 Å². The maximum Gasteiger partial charge on any atom is 0.240 e. The van der Waals surface area contributed by atoms with E-state index in [1.165, 1.54) is 22.9 Å². The molecule has 8 nitrogen and oxygen atoms in total. The van der Waals surface area contributed by atoms with Crippen molar-refractivity contribution in [3.05, 3.63) is 41.5 Å². The zero-order valence-corrected chi connectivity index (χ0v) is 21.7. The number of aliphatic hydroxyl groups excluding tert-OH is 3. The van der Waals surface area contributed by atoms with Crippen LogP contribution in [0.3, 0.4) is 0 Å². The number of thioether (sulfide) groups is 1. The van der Waals surface area contributed by atoms with Crippen LogP contribution >= 0.6 is 23.4 Å². The van der Waals surface area contributed by atoms with Gasteiger partial charge in [0.05, 0.1) is 24.1 Å². The van der Waals surface area contributed by atoms with Gasteiger partial charge in [-0.05, 0) is 37.7 Å². The van der Waals surface area contributed by atoms with Gasteiger partial charge in [-0.15, -0.1) is 23.4 Å². The Morgan fingerprint density at radius 3 is 2.57 bits per heavy atom. The van der Waals surface area contributed by atoms with Gasteiger partial charge in [-0.3, -0.25) is 4.79 Å². The normalized spacial score (nSPS) is 37.1. The zero-order valence-electron chi connectivity index (χ0n) is 20.1. The Hall–Kier alpha value is -1.17. The zero-order chi connectivity index (χ0) is 25.3. The van der Waals surface area contributed by atoms with Crippen molar-refractivity contribution in [2.45, 2.75) is 73.7 Å². The van der Waals surface area contributed by atoms with E-state index in [0.717, 1.165) is 12.0 Å². The van der Waals surface area contributed by atoms with E-state index in [0.29, 0.717) is 13.2 Å². The van der Waals surface area contributed by atoms with E-state index in [4.69, 9.17) is 21.1 Å². The van der Waals surface area contributed by atoms with Gasteiger partial charge in [0.25, 0.3) is 0 Å². The molecule has 1 amide bonds. The van der Waals surface area contributed by atoms with Gasteiger partial charge in [0.15, 0.2) is 0 Å². The van der Waals surface area contributed by atoms with Crippen molar-refractivity contribution < 1.29 is 29.6 Å². The number of halogens is 1. The fraction of sp³-hybridized carbons (Fsp3) is 0.640. The minimum Gasteiger partial charge on any atom is -0.388 e. The molecular weight excluding hydrogens is 492 g/mol. The van der Waals surface area contributed by atoms with Crippen LogP contribution in [0, 0.1) is 12.8 Å². The maximum atomic E-state index is 13.4. The monoisotopic (exact) mass is 526 g/mol. The molecule has 3 aliphatic rings. The average molecular weight is 527 g/mol. The number of aryl methyl sites for hydroxylation is 1. The van der Waals surface area contributed by atoms with E-state index in [2.05, 4.69) is 47.9 Å². The Morgan fingerprint density at radius 2 is 1.91 bits per heavy atom.